The minimum Gasteiger partial charge on any atom is -0.322 e. The number of amides is 1. The average molecular weight is 356 g/mol. The van der Waals surface area contributed by atoms with Crippen LogP contribution in [0.5, 0.6) is 0 Å². The van der Waals surface area contributed by atoms with E-state index in [2.05, 4.69) is 10.4 Å². The third-order valence-electron chi connectivity index (χ3n) is 4.51. The summed E-state index contributed by atoms with van der Waals surface area (Å²) in [6.07, 6.45) is 5.43. The fourth-order valence-electron chi connectivity index (χ4n) is 3.00. The molecule has 0 radical (unpaired) electrons. The van der Waals surface area contributed by atoms with Gasteiger partial charge in [0.25, 0.3) is 5.91 Å². The van der Waals surface area contributed by atoms with Gasteiger partial charge in [-0.05, 0) is 49.7 Å². The standard InChI is InChI=1S/C22H20N4O/c1-16-9-11-18(12-10-16)26-22(25-13-5-6-14-25)19(15-23-26)21(27)24-20-8-4-3-7-17(20)2/h3-15H,1-2H3,(H,24,27). The molecule has 27 heavy (non-hydrogen) atoms. The molecule has 0 aliphatic rings. The van der Waals surface area contributed by atoms with Crippen LogP contribution in [0.4, 0.5) is 5.69 Å². The lowest BCUT2D eigenvalue weighted by Crippen LogP contribution is -2.15. The summed E-state index contributed by atoms with van der Waals surface area (Å²) in [6, 6.07) is 19.6. The van der Waals surface area contributed by atoms with E-state index >= 15 is 0 Å². The van der Waals surface area contributed by atoms with E-state index < -0.39 is 0 Å². The smallest absolute Gasteiger partial charge is 0.261 e. The van der Waals surface area contributed by atoms with Gasteiger partial charge in [-0.3, -0.25) is 4.79 Å². The van der Waals surface area contributed by atoms with E-state index in [1.165, 1.54) is 5.56 Å². The molecule has 134 valence electrons. The summed E-state index contributed by atoms with van der Waals surface area (Å²) < 4.78 is 3.69. The number of hydrogen-bond acceptors (Lipinski definition) is 2. The SMILES string of the molecule is Cc1ccc(-n2ncc(C(=O)Nc3ccccc3C)c2-n2cccc2)cc1. The third kappa shape index (κ3) is 3.27. The number of aryl methyl sites for hydroxylation is 2. The summed E-state index contributed by atoms with van der Waals surface area (Å²) in [6.45, 7) is 4.01. The number of para-hydroxylation sites is 1. The molecule has 2 heterocycles. The van der Waals surface area contributed by atoms with Crippen molar-refractivity contribution in [3.8, 4) is 11.5 Å². The summed E-state index contributed by atoms with van der Waals surface area (Å²) in [5.41, 5.74) is 4.39. The van der Waals surface area contributed by atoms with E-state index in [4.69, 9.17) is 0 Å². The Bertz CT molecular complexity index is 1080. The quantitative estimate of drug-likeness (QED) is 0.584. The minimum absolute atomic E-state index is 0.189. The molecule has 2 aromatic carbocycles. The minimum atomic E-state index is -0.189. The van der Waals surface area contributed by atoms with Gasteiger partial charge < -0.3 is 9.88 Å². The van der Waals surface area contributed by atoms with Crippen LogP contribution in [0.3, 0.4) is 0 Å². The van der Waals surface area contributed by atoms with Gasteiger partial charge in [0.15, 0.2) is 5.82 Å². The van der Waals surface area contributed by atoms with Gasteiger partial charge in [0.05, 0.1) is 11.9 Å². The van der Waals surface area contributed by atoms with Gasteiger partial charge in [0.2, 0.25) is 0 Å². The van der Waals surface area contributed by atoms with E-state index in [9.17, 15) is 4.79 Å². The number of carbonyl (C=O) groups is 1. The van der Waals surface area contributed by atoms with Crippen LogP contribution in [0.25, 0.3) is 11.5 Å². The largest absolute Gasteiger partial charge is 0.322 e. The second-order valence-electron chi connectivity index (χ2n) is 6.49. The van der Waals surface area contributed by atoms with Gasteiger partial charge in [-0.2, -0.15) is 5.10 Å². The van der Waals surface area contributed by atoms with Crippen LogP contribution in [0.2, 0.25) is 0 Å². The molecule has 2 aromatic heterocycles. The topological polar surface area (TPSA) is 51.9 Å². The molecule has 4 rings (SSSR count). The lowest BCUT2D eigenvalue weighted by molar-refractivity contribution is 0.102. The fraction of sp³-hybridized carbons (Fsp3) is 0.0909. The Morgan fingerprint density at radius 1 is 0.926 bits per heavy atom. The molecule has 0 saturated carbocycles. The molecule has 0 aliphatic heterocycles. The average Bonchev–Trinajstić information content (AvgIpc) is 3.33. The molecule has 0 unspecified atom stereocenters. The highest BCUT2D eigenvalue weighted by molar-refractivity contribution is 6.06. The van der Waals surface area contributed by atoms with Crippen LogP contribution >= 0.6 is 0 Å². The number of rotatable bonds is 4. The molecular weight excluding hydrogens is 336 g/mol. The van der Waals surface area contributed by atoms with Crippen molar-refractivity contribution in [1.29, 1.82) is 0 Å². The molecule has 1 N–H and O–H groups in total. The Hall–Kier alpha value is -3.60. The first kappa shape index (κ1) is 16.8. The first-order valence-corrected chi connectivity index (χ1v) is 8.79. The van der Waals surface area contributed by atoms with Gasteiger partial charge in [-0.25, -0.2) is 4.68 Å². The fourth-order valence-corrected chi connectivity index (χ4v) is 3.00. The zero-order chi connectivity index (χ0) is 18.8. The number of carbonyl (C=O) groups excluding carboxylic acids is 1. The van der Waals surface area contributed by atoms with Crippen molar-refractivity contribution in [3.63, 3.8) is 0 Å². The first-order valence-electron chi connectivity index (χ1n) is 8.79. The van der Waals surface area contributed by atoms with Crippen LogP contribution < -0.4 is 5.32 Å². The predicted octanol–water partition coefficient (Wildman–Crippen LogP) is 4.53. The molecule has 5 heteroatoms. The van der Waals surface area contributed by atoms with Crippen molar-refractivity contribution in [2.24, 2.45) is 0 Å². The van der Waals surface area contributed by atoms with E-state index in [0.29, 0.717) is 11.4 Å². The van der Waals surface area contributed by atoms with Gasteiger partial charge in [-0.1, -0.05) is 35.9 Å². The maximum Gasteiger partial charge on any atom is 0.261 e. The molecule has 0 spiro atoms. The number of hydrogen-bond donors (Lipinski definition) is 1. The van der Waals surface area contributed by atoms with Crippen LogP contribution in [0, 0.1) is 13.8 Å². The van der Waals surface area contributed by atoms with Crippen molar-refractivity contribution in [2.75, 3.05) is 5.32 Å². The zero-order valence-electron chi connectivity index (χ0n) is 15.3. The third-order valence-corrected chi connectivity index (χ3v) is 4.51. The van der Waals surface area contributed by atoms with Crippen LogP contribution in [0.15, 0.2) is 79.3 Å². The Kier molecular flexibility index (Phi) is 4.34. The van der Waals surface area contributed by atoms with Crippen molar-refractivity contribution >= 4 is 11.6 Å². The molecule has 0 saturated heterocycles. The number of benzene rings is 2. The summed E-state index contributed by atoms with van der Waals surface area (Å²) in [4.78, 5) is 13.0. The Morgan fingerprint density at radius 3 is 2.33 bits per heavy atom. The Morgan fingerprint density at radius 2 is 1.63 bits per heavy atom. The van der Waals surface area contributed by atoms with Crippen LogP contribution in [-0.2, 0) is 0 Å². The normalized spacial score (nSPS) is 10.7. The highest BCUT2D eigenvalue weighted by Gasteiger charge is 2.20. The monoisotopic (exact) mass is 356 g/mol. The number of nitrogens with zero attached hydrogens (tertiary/aromatic N) is 3. The van der Waals surface area contributed by atoms with Gasteiger partial charge in [-0.15, -0.1) is 0 Å². The maximum absolute atomic E-state index is 13.0. The second-order valence-corrected chi connectivity index (χ2v) is 6.49. The number of aromatic nitrogens is 3. The highest BCUT2D eigenvalue weighted by Crippen LogP contribution is 2.22. The number of nitrogens with one attached hydrogen (secondary N) is 1. The Labute approximate surface area is 157 Å². The summed E-state index contributed by atoms with van der Waals surface area (Å²) in [5.74, 6) is 0.515. The van der Waals surface area contributed by atoms with E-state index in [1.54, 1.807) is 10.9 Å². The van der Waals surface area contributed by atoms with E-state index in [-0.39, 0.29) is 5.91 Å². The molecule has 0 bridgehead atoms. The molecular formula is C22H20N4O. The number of anilines is 1. The van der Waals surface area contributed by atoms with Crippen molar-refractivity contribution in [1.82, 2.24) is 14.3 Å². The van der Waals surface area contributed by atoms with E-state index in [0.717, 1.165) is 16.9 Å². The van der Waals surface area contributed by atoms with Crippen LogP contribution in [0.1, 0.15) is 21.5 Å². The summed E-state index contributed by atoms with van der Waals surface area (Å²) >= 11 is 0. The maximum atomic E-state index is 13.0. The van der Waals surface area contributed by atoms with Crippen molar-refractivity contribution in [3.05, 3.63) is 95.9 Å². The summed E-state index contributed by atoms with van der Waals surface area (Å²) in [7, 11) is 0. The molecule has 1 amide bonds. The van der Waals surface area contributed by atoms with Gasteiger partial charge in [0.1, 0.15) is 5.56 Å². The zero-order valence-corrected chi connectivity index (χ0v) is 15.3. The molecule has 0 fully saturated rings. The van der Waals surface area contributed by atoms with Gasteiger partial charge in [0, 0.05) is 18.1 Å². The van der Waals surface area contributed by atoms with Crippen LogP contribution in [-0.4, -0.2) is 20.3 Å². The lowest BCUT2D eigenvalue weighted by atomic mass is 10.2. The first-order chi connectivity index (χ1) is 13.1. The molecule has 0 aliphatic carbocycles. The lowest BCUT2D eigenvalue weighted by Gasteiger charge is -2.12. The van der Waals surface area contributed by atoms with Crippen molar-refractivity contribution < 1.29 is 4.79 Å². The summed E-state index contributed by atoms with van der Waals surface area (Å²) in [5, 5.41) is 7.49. The molecule has 5 nitrogen and oxygen atoms in total. The molecule has 0 atom stereocenters. The predicted molar refractivity (Wildman–Crippen MR) is 107 cm³/mol. The second kappa shape index (κ2) is 6.96. The molecule has 4 aromatic rings. The van der Waals surface area contributed by atoms with E-state index in [1.807, 2.05) is 91.5 Å². The van der Waals surface area contributed by atoms with Gasteiger partial charge >= 0.3 is 0 Å². The van der Waals surface area contributed by atoms with Crippen molar-refractivity contribution in [2.45, 2.75) is 13.8 Å². The highest BCUT2D eigenvalue weighted by atomic mass is 16.1. The Balaban J connectivity index is 1.78.